The second kappa shape index (κ2) is 6.24. The number of para-hydroxylation sites is 1. The Morgan fingerprint density at radius 1 is 1.16 bits per heavy atom. The molecule has 1 amide bonds. The van der Waals surface area contributed by atoms with Crippen LogP contribution in [0.15, 0.2) is 65.6 Å². The Hall–Kier alpha value is -3.41. The SMILES string of the molecule is Cc1ccc(Cn2cc(NC(=O)c3cnon3)c3ccccc32)cc1. The molecule has 0 spiro atoms. The van der Waals surface area contributed by atoms with E-state index < -0.39 is 0 Å². The smallest absolute Gasteiger partial charge is 0.279 e. The van der Waals surface area contributed by atoms with E-state index in [1.165, 1.54) is 17.3 Å². The first-order chi connectivity index (χ1) is 12.2. The van der Waals surface area contributed by atoms with Gasteiger partial charge in [0.05, 0.1) is 11.2 Å². The van der Waals surface area contributed by atoms with Crippen molar-refractivity contribution < 1.29 is 9.42 Å². The second-order valence-electron chi connectivity index (χ2n) is 5.92. The molecule has 1 N–H and O–H groups in total. The minimum atomic E-state index is -0.348. The Bertz CT molecular complexity index is 1020. The molecule has 0 atom stereocenters. The van der Waals surface area contributed by atoms with E-state index in [0.717, 1.165) is 23.1 Å². The fourth-order valence-corrected chi connectivity index (χ4v) is 2.82. The number of hydrogen-bond donors (Lipinski definition) is 1. The lowest BCUT2D eigenvalue weighted by Gasteiger charge is -2.05. The Kier molecular flexibility index (Phi) is 3.78. The lowest BCUT2D eigenvalue weighted by Crippen LogP contribution is -2.11. The highest BCUT2D eigenvalue weighted by Crippen LogP contribution is 2.27. The summed E-state index contributed by atoms with van der Waals surface area (Å²) in [7, 11) is 0. The summed E-state index contributed by atoms with van der Waals surface area (Å²) in [5, 5.41) is 10.9. The van der Waals surface area contributed by atoms with E-state index in [-0.39, 0.29) is 11.6 Å². The first-order valence-electron chi connectivity index (χ1n) is 7.93. The highest BCUT2D eigenvalue weighted by atomic mass is 16.6. The number of benzene rings is 2. The van der Waals surface area contributed by atoms with E-state index in [1.54, 1.807) is 0 Å². The molecule has 0 saturated carbocycles. The van der Waals surface area contributed by atoms with E-state index in [2.05, 4.69) is 56.0 Å². The molecule has 25 heavy (non-hydrogen) atoms. The molecule has 0 unspecified atom stereocenters. The van der Waals surface area contributed by atoms with Crippen molar-refractivity contribution in [1.82, 2.24) is 14.9 Å². The van der Waals surface area contributed by atoms with Crippen LogP contribution in [0.4, 0.5) is 5.69 Å². The molecule has 6 heteroatoms. The van der Waals surface area contributed by atoms with Gasteiger partial charge in [-0.05, 0) is 23.7 Å². The number of fused-ring (bicyclic) bond motifs is 1. The largest absolute Gasteiger partial charge is 0.341 e. The third-order valence-electron chi connectivity index (χ3n) is 4.10. The highest BCUT2D eigenvalue weighted by molar-refractivity contribution is 6.08. The van der Waals surface area contributed by atoms with Gasteiger partial charge in [-0.2, -0.15) is 0 Å². The van der Waals surface area contributed by atoms with Gasteiger partial charge in [-0.1, -0.05) is 53.2 Å². The summed E-state index contributed by atoms with van der Waals surface area (Å²) in [4.78, 5) is 12.2. The quantitative estimate of drug-likeness (QED) is 0.619. The lowest BCUT2D eigenvalue weighted by atomic mass is 10.1. The minimum absolute atomic E-state index is 0.148. The van der Waals surface area contributed by atoms with E-state index in [9.17, 15) is 4.79 Å². The number of anilines is 1. The zero-order chi connectivity index (χ0) is 17.2. The van der Waals surface area contributed by atoms with Gasteiger partial charge in [-0.3, -0.25) is 4.79 Å². The fourth-order valence-electron chi connectivity index (χ4n) is 2.82. The van der Waals surface area contributed by atoms with Crippen LogP contribution in [0, 0.1) is 6.92 Å². The van der Waals surface area contributed by atoms with Gasteiger partial charge in [-0.25, -0.2) is 4.63 Å². The minimum Gasteiger partial charge on any atom is -0.341 e. The van der Waals surface area contributed by atoms with Gasteiger partial charge in [0.15, 0.2) is 5.69 Å². The summed E-state index contributed by atoms with van der Waals surface area (Å²) < 4.78 is 6.61. The normalized spacial score (nSPS) is 10.9. The molecule has 6 nitrogen and oxygen atoms in total. The van der Waals surface area contributed by atoms with Crippen molar-refractivity contribution in [2.45, 2.75) is 13.5 Å². The second-order valence-corrected chi connectivity index (χ2v) is 5.92. The molecular formula is C19H16N4O2. The monoisotopic (exact) mass is 332 g/mol. The zero-order valence-corrected chi connectivity index (χ0v) is 13.6. The summed E-state index contributed by atoms with van der Waals surface area (Å²) in [6.07, 6.45) is 3.23. The Morgan fingerprint density at radius 2 is 1.96 bits per heavy atom. The molecule has 0 aliphatic rings. The van der Waals surface area contributed by atoms with Gasteiger partial charge in [-0.15, -0.1) is 0 Å². The first kappa shape index (κ1) is 15.1. The molecule has 0 radical (unpaired) electrons. The number of nitrogens with one attached hydrogen (secondary N) is 1. The Morgan fingerprint density at radius 3 is 2.72 bits per heavy atom. The van der Waals surface area contributed by atoms with Crippen LogP contribution in [0.1, 0.15) is 21.6 Å². The van der Waals surface area contributed by atoms with Crippen molar-refractivity contribution in [3.8, 4) is 0 Å². The maximum absolute atomic E-state index is 12.2. The molecule has 0 bridgehead atoms. The summed E-state index contributed by atoms with van der Waals surface area (Å²) in [5.41, 5.74) is 4.36. The van der Waals surface area contributed by atoms with E-state index >= 15 is 0 Å². The van der Waals surface area contributed by atoms with Crippen LogP contribution < -0.4 is 5.32 Å². The van der Waals surface area contributed by atoms with Crippen LogP contribution in [0.3, 0.4) is 0 Å². The molecule has 0 saturated heterocycles. The summed E-state index contributed by atoms with van der Waals surface area (Å²) >= 11 is 0. The molecule has 4 aromatic rings. The van der Waals surface area contributed by atoms with Gasteiger partial charge < -0.3 is 9.88 Å². The first-order valence-corrected chi connectivity index (χ1v) is 7.93. The number of aryl methyl sites for hydroxylation is 1. The third-order valence-corrected chi connectivity index (χ3v) is 4.10. The van der Waals surface area contributed by atoms with Gasteiger partial charge in [0, 0.05) is 18.1 Å². The van der Waals surface area contributed by atoms with Crippen LogP contribution in [0.25, 0.3) is 10.9 Å². The standard InChI is InChI=1S/C19H16N4O2/c1-13-6-8-14(9-7-13)11-23-12-17(15-4-2-3-5-18(15)23)21-19(24)16-10-20-25-22-16/h2-10,12H,11H2,1H3,(H,21,24). The summed E-state index contributed by atoms with van der Waals surface area (Å²) in [5.74, 6) is -0.348. The summed E-state index contributed by atoms with van der Waals surface area (Å²) in [6, 6.07) is 16.4. The molecular weight excluding hydrogens is 316 g/mol. The Labute approximate surface area is 144 Å². The fraction of sp³-hybridized carbons (Fsp3) is 0.105. The third kappa shape index (κ3) is 3.01. The number of nitrogens with zero attached hydrogens (tertiary/aromatic N) is 3. The zero-order valence-electron chi connectivity index (χ0n) is 13.6. The van der Waals surface area contributed by atoms with Crippen LogP contribution in [-0.4, -0.2) is 20.8 Å². The van der Waals surface area contributed by atoms with Crippen molar-refractivity contribution >= 4 is 22.5 Å². The number of aromatic nitrogens is 3. The Balaban J connectivity index is 1.68. The topological polar surface area (TPSA) is 73.0 Å². The molecule has 2 aromatic heterocycles. The number of rotatable bonds is 4. The van der Waals surface area contributed by atoms with Crippen molar-refractivity contribution in [3.05, 3.63) is 77.7 Å². The van der Waals surface area contributed by atoms with E-state index in [0.29, 0.717) is 0 Å². The van der Waals surface area contributed by atoms with Gasteiger partial charge >= 0.3 is 0 Å². The van der Waals surface area contributed by atoms with Crippen LogP contribution in [0.2, 0.25) is 0 Å². The maximum atomic E-state index is 12.2. The average molecular weight is 332 g/mol. The van der Waals surface area contributed by atoms with E-state index in [4.69, 9.17) is 0 Å². The molecule has 2 aromatic carbocycles. The van der Waals surface area contributed by atoms with Crippen LogP contribution in [0.5, 0.6) is 0 Å². The molecule has 0 aliphatic heterocycles. The number of amides is 1. The van der Waals surface area contributed by atoms with Crippen LogP contribution >= 0.6 is 0 Å². The van der Waals surface area contributed by atoms with Gasteiger partial charge in [0.1, 0.15) is 6.20 Å². The summed E-state index contributed by atoms with van der Waals surface area (Å²) in [6.45, 7) is 2.80. The highest BCUT2D eigenvalue weighted by Gasteiger charge is 2.14. The lowest BCUT2D eigenvalue weighted by molar-refractivity contribution is 0.101. The maximum Gasteiger partial charge on any atom is 0.279 e. The number of carbonyl (C=O) groups excluding carboxylic acids is 1. The predicted octanol–water partition coefficient (Wildman–Crippen LogP) is 3.63. The molecule has 4 rings (SSSR count). The average Bonchev–Trinajstić information content (AvgIpc) is 3.27. The van der Waals surface area contributed by atoms with Crippen molar-refractivity contribution in [1.29, 1.82) is 0 Å². The molecule has 124 valence electrons. The number of carbonyl (C=O) groups is 1. The molecule has 2 heterocycles. The van der Waals surface area contributed by atoms with Crippen molar-refractivity contribution in [2.75, 3.05) is 5.32 Å². The number of hydrogen-bond acceptors (Lipinski definition) is 4. The van der Waals surface area contributed by atoms with Crippen molar-refractivity contribution in [3.63, 3.8) is 0 Å². The van der Waals surface area contributed by atoms with Crippen LogP contribution in [-0.2, 0) is 6.54 Å². The molecule has 0 aliphatic carbocycles. The molecule has 0 fully saturated rings. The van der Waals surface area contributed by atoms with E-state index in [1.807, 2.05) is 30.5 Å². The van der Waals surface area contributed by atoms with Gasteiger partial charge in [0.2, 0.25) is 0 Å². The van der Waals surface area contributed by atoms with Gasteiger partial charge in [0.25, 0.3) is 5.91 Å². The predicted molar refractivity (Wildman–Crippen MR) is 94.5 cm³/mol. The van der Waals surface area contributed by atoms with Crippen molar-refractivity contribution in [2.24, 2.45) is 0 Å².